The third-order valence-electron chi connectivity index (χ3n) is 4.30. The molecule has 0 aliphatic heterocycles. The molecule has 2 rings (SSSR count). The average Bonchev–Trinajstić information content (AvgIpc) is 3.14. The lowest BCUT2D eigenvalue weighted by Crippen LogP contribution is -2.50. The molecule has 8 heteroatoms. The van der Waals surface area contributed by atoms with E-state index in [2.05, 4.69) is 5.32 Å². The molecular weight excluding hydrogens is 396 g/mol. The van der Waals surface area contributed by atoms with Crippen LogP contribution in [0.15, 0.2) is 41.0 Å². The number of thioether (sulfide) groups is 1. The summed E-state index contributed by atoms with van der Waals surface area (Å²) in [5.41, 5.74) is 2.31. The van der Waals surface area contributed by atoms with Gasteiger partial charge in [0, 0.05) is 12.3 Å². The summed E-state index contributed by atoms with van der Waals surface area (Å²) in [6.07, 6.45) is 3.16. The van der Waals surface area contributed by atoms with E-state index < -0.39 is 16.1 Å². The number of nitrogens with zero attached hydrogens (tertiary/aromatic N) is 1. The van der Waals surface area contributed by atoms with Crippen LogP contribution >= 0.6 is 11.8 Å². The van der Waals surface area contributed by atoms with Crippen LogP contribution in [0.5, 0.6) is 0 Å². The van der Waals surface area contributed by atoms with Crippen molar-refractivity contribution in [2.24, 2.45) is 0 Å². The maximum atomic E-state index is 12.8. The van der Waals surface area contributed by atoms with Crippen molar-refractivity contribution in [3.05, 3.63) is 53.5 Å². The molecule has 1 heterocycles. The van der Waals surface area contributed by atoms with Crippen LogP contribution < -0.4 is 9.62 Å². The average molecular weight is 425 g/mol. The first-order valence-corrected chi connectivity index (χ1v) is 12.2. The van der Waals surface area contributed by atoms with Crippen LogP contribution in [-0.2, 0) is 20.6 Å². The van der Waals surface area contributed by atoms with Gasteiger partial charge in [0.2, 0.25) is 15.9 Å². The Hall–Kier alpha value is -1.93. The first-order valence-electron chi connectivity index (χ1n) is 9.18. The van der Waals surface area contributed by atoms with Gasteiger partial charge in [0.05, 0.1) is 24.0 Å². The highest BCUT2D eigenvalue weighted by molar-refractivity contribution is 7.98. The Morgan fingerprint density at radius 1 is 1.29 bits per heavy atom. The van der Waals surface area contributed by atoms with Crippen LogP contribution in [0.4, 0.5) is 5.69 Å². The molecule has 28 heavy (non-hydrogen) atoms. The van der Waals surface area contributed by atoms with Gasteiger partial charge < -0.3 is 9.73 Å². The molecule has 0 fully saturated rings. The predicted octanol–water partition coefficient (Wildman–Crippen LogP) is 3.49. The highest BCUT2D eigenvalue weighted by Gasteiger charge is 2.32. The van der Waals surface area contributed by atoms with Crippen molar-refractivity contribution in [3.8, 4) is 0 Å². The molecule has 1 aromatic carbocycles. The van der Waals surface area contributed by atoms with E-state index in [1.54, 1.807) is 18.0 Å². The smallest absolute Gasteiger partial charge is 0.243 e. The topological polar surface area (TPSA) is 79.6 Å². The lowest BCUT2D eigenvalue weighted by atomic mass is 10.1. The normalized spacial score (nSPS) is 12.6. The zero-order valence-corrected chi connectivity index (χ0v) is 18.4. The van der Waals surface area contributed by atoms with Crippen LogP contribution in [0.25, 0.3) is 0 Å². The van der Waals surface area contributed by atoms with Crippen molar-refractivity contribution in [3.63, 3.8) is 0 Å². The number of benzene rings is 1. The maximum Gasteiger partial charge on any atom is 0.243 e. The molecule has 0 aliphatic carbocycles. The van der Waals surface area contributed by atoms with Crippen molar-refractivity contribution >= 4 is 33.4 Å². The highest BCUT2D eigenvalue weighted by atomic mass is 32.2. The van der Waals surface area contributed by atoms with E-state index in [-0.39, 0.29) is 5.91 Å². The Morgan fingerprint density at radius 3 is 2.64 bits per heavy atom. The van der Waals surface area contributed by atoms with Gasteiger partial charge in [-0.1, -0.05) is 19.1 Å². The monoisotopic (exact) mass is 424 g/mol. The second-order valence-electron chi connectivity index (χ2n) is 6.70. The lowest BCUT2D eigenvalue weighted by Gasteiger charge is -2.31. The second-order valence-corrected chi connectivity index (χ2v) is 9.66. The van der Waals surface area contributed by atoms with Gasteiger partial charge in [-0.05, 0) is 49.6 Å². The van der Waals surface area contributed by atoms with E-state index in [9.17, 15) is 13.2 Å². The Morgan fingerprint density at radius 2 is 2.04 bits per heavy atom. The zero-order chi connectivity index (χ0) is 20.7. The third-order valence-corrected chi connectivity index (χ3v) is 6.45. The van der Waals surface area contributed by atoms with Gasteiger partial charge in [-0.15, -0.1) is 0 Å². The molecular formula is C20H28N2O4S2. The molecule has 6 nitrogen and oxygen atoms in total. The molecule has 2 aromatic rings. The van der Waals surface area contributed by atoms with E-state index in [1.165, 1.54) is 4.31 Å². The Labute approximate surface area is 171 Å². The fraction of sp³-hybridized carbons (Fsp3) is 0.450. The number of carbonyl (C=O) groups excluding carboxylic acids is 1. The number of amides is 1. The number of anilines is 1. The summed E-state index contributed by atoms with van der Waals surface area (Å²) in [5.74, 6) is 2.05. The number of hydrogen-bond donors (Lipinski definition) is 1. The minimum absolute atomic E-state index is 0.285. The minimum Gasteiger partial charge on any atom is -0.468 e. The summed E-state index contributed by atoms with van der Waals surface area (Å²) in [6.45, 7) is 6.04. The molecule has 154 valence electrons. The van der Waals surface area contributed by atoms with Crippen molar-refractivity contribution in [2.45, 2.75) is 39.0 Å². The third kappa shape index (κ3) is 6.04. The van der Waals surface area contributed by atoms with Gasteiger partial charge in [-0.2, -0.15) is 11.8 Å². The molecule has 1 N–H and O–H groups in total. The van der Waals surface area contributed by atoms with Crippen molar-refractivity contribution in [1.29, 1.82) is 0 Å². The van der Waals surface area contributed by atoms with E-state index in [0.29, 0.717) is 24.4 Å². The second kappa shape index (κ2) is 10.0. The standard InChI is InChI=1S/C20H28N2O4S2/c1-5-18(20(23)21-10-12-27-14-17-7-6-11-26-17)22(28(4,24)25)19-13-15(2)8-9-16(19)3/h6-9,11,13,18H,5,10,12,14H2,1-4H3,(H,21,23)/t18-/m1/s1. The van der Waals surface area contributed by atoms with Gasteiger partial charge in [-0.3, -0.25) is 9.10 Å². The first kappa shape index (κ1) is 22.4. The summed E-state index contributed by atoms with van der Waals surface area (Å²) >= 11 is 1.65. The predicted molar refractivity (Wildman–Crippen MR) is 115 cm³/mol. The summed E-state index contributed by atoms with van der Waals surface area (Å²) in [6, 6.07) is 8.58. The van der Waals surface area contributed by atoms with Crippen molar-refractivity contribution in [2.75, 3.05) is 22.9 Å². The summed E-state index contributed by atoms with van der Waals surface area (Å²) in [4.78, 5) is 12.8. The van der Waals surface area contributed by atoms with E-state index >= 15 is 0 Å². The van der Waals surface area contributed by atoms with Crippen LogP contribution in [0, 0.1) is 13.8 Å². The van der Waals surface area contributed by atoms with Crippen LogP contribution in [0.2, 0.25) is 0 Å². The molecule has 0 spiro atoms. The molecule has 0 saturated carbocycles. The van der Waals surface area contributed by atoms with Gasteiger partial charge >= 0.3 is 0 Å². The molecule has 1 amide bonds. The molecule has 1 aromatic heterocycles. The number of hydrogen-bond acceptors (Lipinski definition) is 5. The summed E-state index contributed by atoms with van der Waals surface area (Å²) < 4.78 is 31.6. The van der Waals surface area contributed by atoms with Crippen molar-refractivity contribution in [1.82, 2.24) is 5.32 Å². The molecule has 1 atom stereocenters. The Kier molecular flexibility index (Phi) is 8.00. The summed E-state index contributed by atoms with van der Waals surface area (Å²) in [5, 5.41) is 2.87. The van der Waals surface area contributed by atoms with Gasteiger partial charge in [0.1, 0.15) is 11.8 Å². The fourth-order valence-corrected chi connectivity index (χ4v) is 4.94. The van der Waals surface area contributed by atoms with Gasteiger partial charge in [0.25, 0.3) is 0 Å². The highest BCUT2D eigenvalue weighted by Crippen LogP contribution is 2.27. The fourth-order valence-electron chi connectivity index (χ4n) is 2.92. The molecule has 0 bridgehead atoms. The van der Waals surface area contributed by atoms with Gasteiger partial charge in [0.15, 0.2) is 0 Å². The number of sulfonamides is 1. The summed E-state index contributed by atoms with van der Waals surface area (Å²) in [7, 11) is -3.62. The zero-order valence-electron chi connectivity index (χ0n) is 16.8. The van der Waals surface area contributed by atoms with E-state index in [0.717, 1.165) is 28.9 Å². The quantitative estimate of drug-likeness (QED) is 0.591. The number of nitrogens with one attached hydrogen (secondary N) is 1. The van der Waals surface area contributed by atoms with Crippen LogP contribution in [0.3, 0.4) is 0 Å². The SMILES string of the molecule is CC[C@H](C(=O)NCCSCc1ccco1)N(c1cc(C)ccc1C)S(C)(=O)=O. The largest absolute Gasteiger partial charge is 0.468 e. The minimum atomic E-state index is -3.62. The Balaban J connectivity index is 2.06. The van der Waals surface area contributed by atoms with Crippen molar-refractivity contribution < 1.29 is 17.6 Å². The molecule has 0 unspecified atom stereocenters. The Bertz CT molecular complexity index is 880. The number of carbonyl (C=O) groups is 1. The lowest BCUT2D eigenvalue weighted by molar-refractivity contribution is -0.122. The van der Waals surface area contributed by atoms with E-state index in [4.69, 9.17) is 4.42 Å². The molecule has 0 radical (unpaired) electrons. The van der Waals surface area contributed by atoms with Crippen LogP contribution in [-0.4, -0.2) is 38.9 Å². The number of furan rings is 1. The van der Waals surface area contributed by atoms with E-state index in [1.807, 2.05) is 51.1 Å². The number of aryl methyl sites for hydroxylation is 2. The molecule has 0 saturated heterocycles. The van der Waals surface area contributed by atoms with Crippen LogP contribution in [0.1, 0.15) is 30.2 Å². The van der Waals surface area contributed by atoms with Gasteiger partial charge in [-0.25, -0.2) is 8.42 Å². The molecule has 0 aliphatic rings. The maximum absolute atomic E-state index is 12.8. The number of rotatable bonds is 10. The first-order chi connectivity index (χ1) is 13.2.